The lowest BCUT2D eigenvalue weighted by molar-refractivity contribution is 0.699. The Hall–Kier alpha value is -0.970. The Bertz CT molecular complexity index is 279. The predicted octanol–water partition coefficient (Wildman–Crippen LogP) is 1.47. The first-order chi connectivity index (χ1) is 6.72. The summed E-state index contributed by atoms with van der Waals surface area (Å²) in [4.78, 5) is 7.89. The molecule has 14 heavy (non-hydrogen) atoms. The van der Waals surface area contributed by atoms with Crippen LogP contribution < -0.4 is 11.1 Å². The molecule has 0 spiro atoms. The van der Waals surface area contributed by atoms with Crippen molar-refractivity contribution >= 4 is 23.4 Å². The molecule has 0 aliphatic rings. The second kappa shape index (κ2) is 5.70. The fourth-order valence-corrected chi connectivity index (χ4v) is 1.78. The Morgan fingerprint density at radius 2 is 2.36 bits per heavy atom. The zero-order valence-corrected chi connectivity index (χ0v) is 9.34. The molecule has 4 nitrogen and oxygen atoms in total. The van der Waals surface area contributed by atoms with E-state index in [1.807, 2.05) is 11.8 Å². The molecular formula is C9H16N4S. The van der Waals surface area contributed by atoms with Crippen LogP contribution in [0.5, 0.6) is 0 Å². The number of aromatic nitrogens is 2. The summed E-state index contributed by atoms with van der Waals surface area (Å²) in [7, 11) is 0. The lowest BCUT2D eigenvalue weighted by Gasteiger charge is -2.11. The van der Waals surface area contributed by atoms with Crippen LogP contribution in [-0.4, -0.2) is 28.5 Å². The molecule has 1 aromatic rings. The van der Waals surface area contributed by atoms with Gasteiger partial charge in [0.2, 0.25) is 0 Å². The number of hydrogen-bond acceptors (Lipinski definition) is 5. The molecule has 5 heteroatoms. The van der Waals surface area contributed by atoms with Gasteiger partial charge in [0.1, 0.15) is 18.0 Å². The van der Waals surface area contributed by atoms with Crippen molar-refractivity contribution in [1.82, 2.24) is 9.97 Å². The number of nitrogens with one attached hydrogen (secondary N) is 1. The maximum atomic E-state index is 5.53. The Morgan fingerprint density at radius 1 is 1.57 bits per heavy atom. The highest BCUT2D eigenvalue weighted by Crippen LogP contribution is 2.08. The second-order valence-electron chi connectivity index (χ2n) is 3.27. The normalized spacial score (nSPS) is 12.4. The van der Waals surface area contributed by atoms with Crippen molar-refractivity contribution in [2.45, 2.75) is 6.92 Å². The van der Waals surface area contributed by atoms with E-state index in [2.05, 4.69) is 28.5 Å². The average molecular weight is 212 g/mol. The molecule has 0 amide bonds. The Balaban J connectivity index is 2.37. The third kappa shape index (κ3) is 3.83. The summed E-state index contributed by atoms with van der Waals surface area (Å²) in [5.41, 5.74) is 5.53. The summed E-state index contributed by atoms with van der Waals surface area (Å²) in [5.74, 6) is 3.07. The van der Waals surface area contributed by atoms with Crippen LogP contribution in [0.4, 0.5) is 11.6 Å². The van der Waals surface area contributed by atoms with E-state index >= 15 is 0 Å². The number of anilines is 2. The van der Waals surface area contributed by atoms with Gasteiger partial charge in [0.05, 0.1) is 0 Å². The number of nitrogen functional groups attached to an aromatic ring is 1. The second-order valence-corrected chi connectivity index (χ2v) is 4.18. The molecule has 0 bridgehead atoms. The molecule has 1 aromatic heterocycles. The smallest absolute Gasteiger partial charge is 0.131 e. The van der Waals surface area contributed by atoms with E-state index in [4.69, 9.17) is 5.73 Å². The molecule has 0 saturated carbocycles. The van der Waals surface area contributed by atoms with Crippen molar-refractivity contribution in [1.29, 1.82) is 0 Å². The predicted molar refractivity (Wildman–Crippen MR) is 62.5 cm³/mol. The van der Waals surface area contributed by atoms with E-state index in [9.17, 15) is 0 Å². The van der Waals surface area contributed by atoms with Crippen molar-refractivity contribution in [3.63, 3.8) is 0 Å². The molecule has 1 rings (SSSR count). The minimum atomic E-state index is 0.500. The average Bonchev–Trinajstić information content (AvgIpc) is 2.15. The molecule has 0 saturated heterocycles. The highest BCUT2D eigenvalue weighted by atomic mass is 32.2. The summed E-state index contributed by atoms with van der Waals surface area (Å²) >= 11 is 1.85. The SMILES string of the molecule is CSCC(C)CNc1cc(N)ncn1. The van der Waals surface area contributed by atoms with Crippen molar-refractivity contribution < 1.29 is 0 Å². The maximum Gasteiger partial charge on any atom is 0.131 e. The van der Waals surface area contributed by atoms with Crippen molar-refractivity contribution in [2.24, 2.45) is 5.92 Å². The Morgan fingerprint density at radius 3 is 3.00 bits per heavy atom. The highest BCUT2D eigenvalue weighted by Gasteiger charge is 2.01. The fourth-order valence-electron chi connectivity index (χ4n) is 1.09. The summed E-state index contributed by atoms with van der Waals surface area (Å²) in [6.45, 7) is 3.12. The molecule has 0 radical (unpaired) electrons. The molecule has 0 aliphatic carbocycles. The number of nitrogens with zero attached hydrogens (tertiary/aromatic N) is 2. The first-order valence-corrected chi connectivity index (χ1v) is 5.92. The van der Waals surface area contributed by atoms with Gasteiger partial charge in [-0.05, 0) is 17.9 Å². The van der Waals surface area contributed by atoms with Gasteiger partial charge in [-0.25, -0.2) is 9.97 Å². The standard InChI is InChI=1S/C9H16N4S/c1-7(5-14-2)4-11-9-3-8(10)12-6-13-9/h3,6-7H,4-5H2,1-2H3,(H3,10,11,12,13). The van der Waals surface area contributed by atoms with Gasteiger partial charge in [-0.2, -0.15) is 11.8 Å². The van der Waals surface area contributed by atoms with Crippen LogP contribution >= 0.6 is 11.8 Å². The van der Waals surface area contributed by atoms with E-state index in [0.717, 1.165) is 18.1 Å². The van der Waals surface area contributed by atoms with Gasteiger partial charge in [-0.15, -0.1) is 0 Å². The van der Waals surface area contributed by atoms with Crippen LogP contribution in [0, 0.1) is 5.92 Å². The number of rotatable bonds is 5. The van der Waals surface area contributed by atoms with E-state index in [1.54, 1.807) is 6.07 Å². The van der Waals surface area contributed by atoms with Crippen molar-refractivity contribution in [3.05, 3.63) is 12.4 Å². The zero-order chi connectivity index (χ0) is 10.4. The highest BCUT2D eigenvalue weighted by molar-refractivity contribution is 7.98. The molecule has 78 valence electrons. The molecule has 0 aliphatic heterocycles. The van der Waals surface area contributed by atoms with Crippen LogP contribution in [-0.2, 0) is 0 Å². The molecule has 1 atom stereocenters. The van der Waals surface area contributed by atoms with Crippen molar-refractivity contribution in [3.8, 4) is 0 Å². The number of hydrogen-bond donors (Lipinski definition) is 2. The van der Waals surface area contributed by atoms with E-state index < -0.39 is 0 Å². The van der Waals surface area contributed by atoms with Gasteiger partial charge in [0.25, 0.3) is 0 Å². The molecule has 3 N–H and O–H groups in total. The summed E-state index contributed by atoms with van der Waals surface area (Å²) < 4.78 is 0. The first kappa shape index (κ1) is 11.1. The van der Waals surface area contributed by atoms with Crippen molar-refractivity contribution in [2.75, 3.05) is 29.6 Å². The molecule has 0 fully saturated rings. The van der Waals surface area contributed by atoms with Crippen LogP contribution in [0.3, 0.4) is 0 Å². The molecule has 0 aromatic carbocycles. The minimum absolute atomic E-state index is 0.500. The van der Waals surface area contributed by atoms with Gasteiger partial charge in [-0.3, -0.25) is 0 Å². The van der Waals surface area contributed by atoms with Gasteiger partial charge in [0.15, 0.2) is 0 Å². The van der Waals surface area contributed by atoms with E-state index in [1.165, 1.54) is 6.33 Å². The third-order valence-electron chi connectivity index (χ3n) is 1.77. The maximum absolute atomic E-state index is 5.53. The van der Waals surface area contributed by atoms with Gasteiger partial charge >= 0.3 is 0 Å². The quantitative estimate of drug-likeness (QED) is 0.774. The van der Waals surface area contributed by atoms with Crippen LogP contribution in [0.2, 0.25) is 0 Å². The lowest BCUT2D eigenvalue weighted by Crippen LogP contribution is -2.14. The van der Waals surface area contributed by atoms with Crippen LogP contribution in [0.15, 0.2) is 12.4 Å². The Labute approximate surface area is 88.7 Å². The molecular weight excluding hydrogens is 196 g/mol. The Kier molecular flexibility index (Phi) is 4.52. The number of thioether (sulfide) groups is 1. The fraction of sp³-hybridized carbons (Fsp3) is 0.556. The topological polar surface area (TPSA) is 63.8 Å². The van der Waals surface area contributed by atoms with Gasteiger partial charge in [0, 0.05) is 12.6 Å². The largest absolute Gasteiger partial charge is 0.384 e. The summed E-state index contributed by atoms with van der Waals surface area (Å²) in [5, 5.41) is 3.23. The monoisotopic (exact) mass is 212 g/mol. The van der Waals surface area contributed by atoms with Gasteiger partial charge in [-0.1, -0.05) is 6.92 Å². The lowest BCUT2D eigenvalue weighted by atomic mass is 10.2. The first-order valence-electron chi connectivity index (χ1n) is 4.52. The molecule has 1 heterocycles. The number of nitrogens with two attached hydrogens (primary N) is 1. The summed E-state index contributed by atoms with van der Waals surface area (Å²) in [6.07, 6.45) is 3.58. The zero-order valence-electron chi connectivity index (χ0n) is 8.53. The third-order valence-corrected chi connectivity index (χ3v) is 2.67. The van der Waals surface area contributed by atoms with E-state index in [0.29, 0.717) is 11.7 Å². The molecule has 1 unspecified atom stereocenters. The van der Waals surface area contributed by atoms with Gasteiger partial charge < -0.3 is 11.1 Å². The van der Waals surface area contributed by atoms with Crippen LogP contribution in [0.25, 0.3) is 0 Å². The summed E-state index contributed by atoms with van der Waals surface area (Å²) in [6, 6.07) is 1.74. The van der Waals surface area contributed by atoms with Crippen LogP contribution in [0.1, 0.15) is 6.92 Å². The van der Waals surface area contributed by atoms with E-state index in [-0.39, 0.29) is 0 Å². The minimum Gasteiger partial charge on any atom is -0.384 e.